The average molecular weight is 293 g/mol. The number of aliphatic hydroxyl groups excluding tert-OH is 1. The van der Waals surface area contributed by atoms with Crippen LogP contribution in [0.1, 0.15) is 43.9 Å². The van der Waals surface area contributed by atoms with E-state index in [0.29, 0.717) is 13.2 Å². The van der Waals surface area contributed by atoms with Gasteiger partial charge < -0.3 is 9.84 Å². The highest BCUT2D eigenvalue weighted by atomic mass is 16.5. The van der Waals surface area contributed by atoms with Crippen molar-refractivity contribution in [2.24, 2.45) is 0 Å². The number of ether oxygens (including phenoxy) is 1. The monoisotopic (exact) mass is 293 g/mol. The first-order valence-electron chi connectivity index (χ1n) is 8.00. The van der Waals surface area contributed by atoms with Crippen molar-refractivity contribution in [1.82, 2.24) is 4.90 Å². The van der Waals surface area contributed by atoms with E-state index in [-0.39, 0.29) is 6.10 Å². The molecule has 0 heterocycles. The predicted molar refractivity (Wildman–Crippen MR) is 88.6 cm³/mol. The summed E-state index contributed by atoms with van der Waals surface area (Å²) in [4.78, 5) is 2.32. The zero-order valence-corrected chi connectivity index (χ0v) is 14.2. The molecule has 0 radical (unpaired) electrons. The number of rotatable bonds is 9. The number of hydrogen-bond donors (Lipinski definition) is 1. The second kappa shape index (κ2) is 9.19. The summed E-state index contributed by atoms with van der Waals surface area (Å²) >= 11 is 0. The van der Waals surface area contributed by atoms with Crippen molar-refractivity contribution in [1.29, 1.82) is 0 Å². The van der Waals surface area contributed by atoms with Gasteiger partial charge in [0.1, 0.15) is 0 Å². The lowest BCUT2D eigenvalue weighted by atomic mass is 10.0. The maximum absolute atomic E-state index is 10.1. The van der Waals surface area contributed by atoms with Gasteiger partial charge in [-0.3, -0.25) is 4.90 Å². The van der Waals surface area contributed by atoms with E-state index in [4.69, 9.17) is 4.74 Å². The molecule has 3 nitrogen and oxygen atoms in total. The molecule has 0 aromatic heterocycles. The maximum atomic E-state index is 10.1. The minimum atomic E-state index is -0.427. The second-order valence-electron chi connectivity index (χ2n) is 6.20. The smallest absolute Gasteiger partial charge is 0.0900 e. The van der Waals surface area contributed by atoms with Gasteiger partial charge in [0.15, 0.2) is 0 Å². The molecule has 120 valence electrons. The van der Waals surface area contributed by atoms with Crippen LogP contribution in [-0.4, -0.2) is 41.9 Å². The van der Waals surface area contributed by atoms with Crippen LogP contribution in [0, 0.1) is 13.8 Å². The Labute approximate surface area is 129 Å². The molecule has 1 atom stereocenters. The average Bonchev–Trinajstić information content (AvgIpc) is 2.41. The van der Waals surface area contributed by atoms with Crippen molar-refractivity contribution in [3.05, 3.63) is 34.9 Å². The third-order valence-corrected chi connectivity index (χ3v) is 3.53. The third-order valence-electron chi connectivity index (χ3n) is 3.53. The normalized spacial score (nSPS) is 13.1. The van der Waals surface area contributed by atoms with Gasteiger partial charge in [0.25, 0.3) is 0 Å². The molecule has 0 aliphatic heterocycles. The summed E-state index contributed by atoms with van der Waals surface area (Å²) in [6, 6.07) is 6.57. The van der Waals surface area contributed by atoms with Crippen molar-refractivity contribution in [3.63, 3.8) is 0 Å². The molecule has 0 fully saturated rings. The number of benzene rings is 1. The Morgan fingerprint density at radius 1 is 1.24 bits per heavy atom. The van der Waals surface area contributed by atoms with Gasteiger partial charge in [0.2, 0.25) is 0 Å². The standard InChI is InChI=1S/C18H31NO2/c1-6-9-19(12-18(20)13-21-14(2)3)11-17-10-15(4)7-8-16(17)5/h7-8,10,14,18,20H,6,9,11-13H2,1-5H3. The maximum Gasteiger partial charge on any atom is 0.0900 e. The molecular weight excluding hydrogens is 262 g/mol. The van der Waals surface area contributed by atoms with Gasteiger partial charge in [-0.2, -0.15) is 0 Å². The fourth-order valence-electron chi connectivity index (χ4n) is 2.42. The van der Waals surface area contributed by atoms with Gasteiger partial charge in [0.05, 0.1) is 18.8 Å². The van der Waals surface area contributed by atoms with Crippen molar-refractivity contribution in [2.75, 3.05) is 19.7 Å². The molecule has 1 N–H and O–H groups in total. The summed E-state index contributed by atoms with van der Waals surface area (Å²) in [7, 11) is 0. The lowest BCUT2D eigenvalue weighted by Crippen LogP contribution is -2.35. The molecule has 0 spiro atoms. The molecule has 1 unspecified atom stereocenters. The van der Waals surface area contributed by atoms with Crippen LogP contribution in [-0.2, 0) is 11.3 Å². The molecule has 0 saturated carbocycles. The molecule has 0 aliphatic carbocycles. The minimum absolute atomic E-state index is 0.165. The van der Waals surface area contributed by atoms with Gasteiger partial charge in [0, 0.05) is 13.1 Å². The zero-order chi connectivity index (χ0) is 15.8. The highest BCUT2D eigenvalue weighted by Crippen LogP contribution is 2.14. The highest BCUT2D eigenvalue weighted by molar-refractivity contribution is 5.30. The van der Waals surface area contributed by atoms with Crippen LogP contribution in [0.3, 0.4) is 0 Å². The summed E-state index contributed by atoms with van der Waals surface area (Å²) < 4.78 is 5.50. The largest absolute Gasteiger partial charge is 0.389 e. The van der Waals surface area contributed by atoms with Gasteiger partial charge in [-0.25, -0.2) is 0 Å². The molecule has 1 rings (SSSR count). The first-order chi connectivity index (χ1) is 9.92. The number of aliphatic hydroxyl groups is 1. The Morgan fingerprint density at radius 2 is 1.95 bits per heavy atom. The number of hydrogen-bond acceptors (Lipinski definition) is 3. The Kier molecular flexibility index (Phi) is 7.94. The van der Waals surface area contributed by atoms with Crippen LogP contribution in [0.2, 0.25) is 0 Å². The van der Waals surface area contributed by atoms with Crippen molar-refractivity contribution in [2.45, 2.75) is 59.8 Å². The van der Waals surface area contributed by atoms with Crippen LogP contribution in [0.5, 0.6) is 0 Å². The molecule has 0 aliphatic rings. The molecule has 1 aromatic carbocycles. The van der Waals surface area contributed by atoms with Gasteiger partial charge in [-0.1, -0.05) is 30.7 Å². The predicted octanol–water partition coefficient (Wildman–Crippen LogP) is 3.30. The van der Waals surface area contributed by atoms with E-state index in [0.717, 1.165) is 19.5 Å². The molecule has 3 heteroatoms. The third kappa shape index (κ3) is 7.07. The van der Waals surface area contributed by atoms with Gasteiger partial charge in [-0.05, 0) is 51.8 Å². The van der Waals surface area contributed by atoms with E-state index in [1.807, 2.05) is 13.8 Å². The summed E-state index contributed by atoms with van der Waals surface area (Å²) in [5.74, 6) is 0. The van der Waals surface area contributed by atoms with Crippen LogP contribution < -0.4 is 0 Å². The lowest BCUT2D eigenvalue weighted by molar-refractivity contribution is -0.00951. The summed E-state index contributed by atoms with van der Waals surface area (Å²) in [5.41, 5.74) is 3.95. The Balaban J connectivity index is 2.62. The topological polar surface area (TPSA) is 32.7 Å². The van der Waals surface area contributed by atoms with E-state index in [1.54, 1.807) is 0 Å². The van der Waals surface area contributed by atoms with E-state index in [9.17, 15) is 5.11 Å². The van der Waals surface area contributed by atoms with Crippen molar-refractivity contribution in [3.8, 4) is 0 Å². The second-order valence-corrected chi connectivity index (χ2v) is 6.20. The van der Waals surface area contributed by atoms with Crippen molar-refractivity contribution < 1.29 is 9.84 Å². The SMILES string of the molecule is CCCN(Cc1cc(C)ccc1C)CC(O)COC(C)C. The summed E-state index contributed by atoms with van der Waals surface area (Å²) in [5, 5.41) is 10.1. The Morgan fingerprint density at radius 3 is 2.57 bits per heavy atom. The minimum Gasteiger partial charge on any atom is -0.389 e. The highest BCUT2D eigenvalue weighted by Gasteiger charge is 2.13. The molecule has 21 heavy (non-hydrogen) atoms. The van der Waals surface area contributed by atoms with Crippen molar-refractivity contribution >= 4 is 0 Å². The first-order valence-corrected chi connectivity index (χ1v) is 8.00. The van der Waals surface area contributed by atoms with Gasteiger partial charge >= 0.3 is 0 Å². The summed E-state index contributed by atoms with van der Waals surface area (Å²) in [6.45, 7) is 13.4. The number of nitrogens with zero attached hydrogens (tertiary/aromatic N) is 1. The first kappa shape index (κ1) is 18.1. The van der Waals surface area contributed by atoms with Crippen LogP contribution >= 0.6 is 0 Å². The molecule has 0 amide bonds. The molecule has 0 bridgehead atoms. The zero-order valence-electron chi connectivity index (χ0n) is 14.2. The van der Waals surface area contributed by atoms with Gasteiger partial charge in [-0.15, -0.1) is 0 Å². The fraction of sp³-hybridized carbons (Fsp3) is 0.667. The molecular formula is C18H31NO2. The molecule has 1 aromatic rings. The van der Waals surface area contributed by atoms with E-state index >= 15 is 0 Å². The van der Waals surface area contributed by atoms with E-state index in [2.05, 4.69) is 43.9 Å². The Bertz CT molecular complexity index is 418. The fourth-order valence-corrected chi connectivity index (χ4v) is 2.42. The van der Waals surface area contributed by atoms with E-state index in [1.165, 1.54) is 16.7 Å². The van der Waals surface area contributed by atoms with E-state index < -0.39 is 6.10 Å². The number of aryl methyl sites for hydroxylation is 2. The molecule has 0 saturated heterocycles. The Hall–Kier alpha value is -0.900. The van der Waals surface area contributed by atoms with Crippen LogP contribution in [0.25, 0.3) is 0 Å². The van der Waals surface area contributed by atoms with Crippen LogP contribution in [0.15, 0.2) is 18.2 Å². The lowest BCUT2D eigenvalue weighted by Gasteiger charge is -2.26. The van der Waals surface area contributed by atoms with Crippen LogP contribution in [0.4, 0.5) is 0 Å². The quantitative estimate of drug-likeness (QED) is 0.758. The summed E-state index contributed by atoms with van der Waals surface area (Å²) in [6.07, 6.45) is 0.824.